The van der Waals surface area contributed by atoms with Gasteiger partial charge in [-0.1, -0.05) is 42.5 Å². The molecule has 0 aliphatic heterocycles. The number of nitrogens with one attached hydrogen (secondary N) is 3. The number of aromatic nitrogens is 4. The van der Waals surface area contributed by atoms with Crippen molar-refractivity contribution in [2.45, 2.75) is 25.4 Å². The van der Waals surface area contributed by atoms with Crippen molar-refractivity contribution in [3.05, 3.63) is 65.7 Å². The predicted octanol–water partition coefficient (Wildman–Crippen LogP) is 1.66. The highest BCUT2D eigenvalue weighted by molar-refractivity contribution is 7.80. The lowest BCUT2D eigenvalue weighted by Gasteiger charge is -2.11. The fourth-order valence-corrected chi connectivity index (χ4v) is 2.79. The summed E-state index contributed by atoms with van der Waals surface area (Å²) in [6.45, 7) is 0.468. The molecule has 9 heteroatoms. The molecule has 28 heavy (non-hydrogen) atoms. The van der Waals surface area contributed by atoms with Crippen LogP contribution in [0.4, 0.5) is 0 Å². The van der Waals surface area contributed by atoms with E-state index in [1.54, 1.807) is 12.1 Å². The van der Waals surface area contributed by atoms with Crippen LogP contribution in [0.2, 0.25) is 0 Å². The van der Waals surface area contributed by atoms with Crippen molar-refractivity contribution in [2.24, 2.45) is 0 Å². The number of hydrogen-bond donors (Lipinski definition) is 3. The van der Waals surface area contributed by atoms with Crippen LogP contribution in [0.1, 0.15) is 28.8 Å². The Balaban J connectivity index is 1.32. The number of carbonyl (C=O) groups excluding carboxylic acids is 1. The van der Waals surface area contributed by atoms with Crippen LogP contribution in [0, 0.1) is 0 Å². The molecule has 0 spiro atoms. The van der Waals surface area contributed by atoms with Crippen molar-refractivity contribution in [1.29, 1.82) is 0 Å². The fourth-order valence-electron chi connectivity index (χ4n) is 2.57. The number of rotatable bonds is 5. The van der Waals surface area contributed by atoms with Gasteiger partial charge in [0.15, 0.2) is 5.11 Å². The zero-order chi connectivity index (χ0) is 19.3. The normalized spacial score (nSPS) is 13.0. The van der Waals surface area contributed by atoms with E-state index in [0.717, 1.165) is 24.0 Å². The third-order valence-corrected chi connectivity index (χ3v) is 4.45. The molecular formula is C19H19N7OS. The lowest BCUT2D eigenvalue weighted by molar-refractivity contribution is 0.0943. The first-order chi connectivity index (χ1) is 13.7. The zero-order valence-corrected chi connectivity index (χ0v) is 15.8. The SMILES string of the molecule is O=C(NNC(=S)NC1CC1)c1ccc(Cn2nnc(-c3ccccc3)n2)cc1. The van der Waals surface area contributed by atoms with E-state index in [4.69, 9.17) is 12.2 Å². The number of hydrogen-bond acceptors (Lipinski definition) is 5. The Morgan fingerprint density at radius 3 is 2.54 bits per heavy atom. The largest absolute Gasteiger partial charge is 0.359 e. The Labute approximate surface area is 167 Å². The summed E-state index contributed by atoms with van der Waals surface area (Å²) >= 11 is 5.11. The molecule has 0 bridgehead atoms. The van der Waals surface area contributed by atoms with E-state index in [-0.39, 0.29) is 5.91 Å². The van der Waals surface area contributed by atoms with Gasteiger partial charge in [-0.15, -0.1) is 10.2 Å². The number of nitrogens with zero attached hydrogens (tertiary/aromatic N) is 4. The molecule has 2 aromatic carbocycles. The summed E-state index contributed by atoms with van der Waals surface area (Å²) in [6.07, 6.45) is 2.23. The average molecular weight is 393 g/mol. The molecule has 1 fully saturated rings. The van der Waals surface area contributed by atoms with E-state index >= 15 is 0 Å². The first-order valence-electron chi connectivity index (χ1n) is 8.96. The van der Waals surface area contributed by atoms with E-state index in [1.807, 2.05) is 42.5 Å². The summed E-state index contributed by atoms with van der Waals surface area (Å²) in [5, 5.41) is 16.1. The maximum atomic E-state index is 12.2. The Morgan fingerprint density at radius 1 is 1.07 bits per heavy atom. The van der Waals surface area contributed by atoms with Gasteiger partial charge in [-0.05, 0) is 48.0 Å². The molecule has 142 valence electrons. The number of amides is 1. The van der Waals surface area contributed by atoms with E-state index < -0.39 is 0 Å². The molecule has 8 nitrogen and oxygen atoms in total. The van der Waals surface area contributed by atoms with Crippen LogP contribution in [0.3, 0.4) is 0 Å². The molecule has 0 saturated heterocycles. The second kappa shape index (κ2) is 8.13. The number of carbonyl (C=O) groups is 1. The molecule has 0 atom stereocenters. The Hall–Kier alpha value is -3.33. The summed E-state index contributed by atoms with van der Waals surface area (Å²) in [7, 11) is 0. The van der Waals surface area contributed by atoms with Crippen LogP contribution < -0.4 is 16.2 Å². The lowest BCUT2D eigenvalue weighted by Crippen LogP contribution is -2.47. The molecular weight excluding hydrogens is 374 g/mol. The van der Waals surface area contributed by atoms with Crippen LogP contribution in [0.5, 0.6) is 0 Å². The second-order valence-corrected chi connectivity index (χ2v) is 6.94. The van der Waals surface area contributed by atoms with E-state index in [9.17, 15) is 4.79 Å². The first kappa shape index (κ1) is 18.1. The quantitative estimate of drug-likeness (QED) is 0.448. The van der Waals surface area contributed by atoms with Gasteiger partial charge in [0.1, 0.15) is 0 Å². The van der Waals surface area contributed by atoms with Gasteiger partial charge in [0.25, 0.3) is 5.91 Å². The standard InChI is InChI=1S/C19H19N7OS/c27-18(22-23-19(28)20-16-10-11-16)15-8-6-13(7-9-15)12-26-24-17(21-25-26)14-4-2-1-3-5-14/h1-9,16H,10-12H2,(H,22,27)(H2,20,23,28). The van der Waals surface area contributed by atoms with Gasteiger partial charge in [0.2, 0.25) is 5.82 Å². The molecule has 1 heterocycles. The van der Waals surface area contributed by atoms with Gasteiger partial charge in [-0.3, -0.25) is 15.6 Å². The van der Waals surface area contributed by atoms with Crippen LogP contribution >= 0.6 is 12.2 Å². The van der Waals surface area contributed by atoms with Crippen molar-refractivity contribution in [1.82, 2.24) is 36.4 Å². The minimum Gasteiger partial charge on any atom is -0.359 e. The lowest BCUT2D eigenvalue weighted by atomic mass is 10.1. The van der Waals surface area contributed by atoms with Gasteiger partial charge >= 0.3 is 0 Å². The summed E-state index contributed by atoms with van der Waals surface area (Å²) in [5.41, 5.74) is 7.72. The van der Waals surface area contributed by atoms with E-state index in [2.05, 4.69) is 31.6 Å². The third-order valence-electron chi connectivity index (χ3n) is 4.23. The van der Waals surface area contributed by atoms with Gasteiger partial charge in [-0.2, -0.15) is 4.80 Å². The van der Waals surface area contributed by atoms with Crippen molar-refractivity contribution in [2.75, 3.05) is 0 Å². The van der Waals surface area contributed by atoms with Crippen molar-refractivity contribution in [3.63, 3.8) is 0 Å². The Bertz CT molecular complexity index is 967. The number of hydrazine groups is 1. The Morgan fingerprint density at radius 2 is 1.82 bits per heavy atom. The molecule has 0 unspecified atom stereocenters. The number of benzene rings is 2. The Kier molecular flexibility index (Phi) is 5.24. The van der Waals surface area contributed by atoms with Gasteiger partial charge in [0.05, 0.1) is 6.54 Å². The molecule has 3 aromatic rings. The second-order valence-electron chi connectivity index (χ2n) is 6.53. The zero-order valence-electron chi connectivity index (χ0n) is 15.0. The highest BCUT2D eigenvalue weighted by Gasteiger charge is 2.21. The first-order valence-corrected chi connectivity index (χ1v) is 9.37. The average Bonchev–Trinajstić information content (AvgIpc) is 3.42. The summed E-state index contributed by atoms with van der Waals surface area (Å²) in [6, 6.07) is 17.3. The molecule has 1 aromatic heterocycles. The van der Waals surface area contributed by atoms with Crippen molar-refractivity contribution in [3.8, 4) is 11.4 Å². The fraction of sp³-hybridized carbons (Fsp3) is 0.211. The maximum Gasteiger partial charge on any atom is 0.269 e. The molecule has 1 saturated carbocycles. The monoisotopic (exact) mass is 393 g/mol. The summed E-state index contributed by atoms with van der Waals surface area (Å²) in [5.74, 6) is 0.329. The molecule has 0 radical (unpaired) electrons. The van der Waals surface area contributed by atoms with Crippen molar-refractivity contribution >= 4 is 23.2 Å². The van der Waals surface area contributed by atoms with Crippen LogP contribution in [0.15, 0.2) is 54.6 Å². The van der Waals surface area contributed by atoms with Gasteiger partial charge in [-0.25, -0.2) is 0 Å². The molecule has 1 amide bonds. The van der Waals surface area contributed by atoms with E-state index in [1.165, 1.54) is 4.80 Å². The van der Waals surface area contributed by atoms with Gasteiger partial charge in [0, 0.05) is 17.2 Å². The molecule has 3 N–H and O–H groups in total. The summed E-state index contributed by atoms with van der Waals surface area (Å²) < 4.78 is 0. The van der Waals surface area contributed by atoms with Crippen LogP contribution in [0.25, 0.3) is 11.4 Å². The van der Waals surface area contributed by atoms with Crippen molar-refractivity contribution < 1.29 is 4.79 Å². The topological polar surface area (TPSA) is 96.8 Å². The third kappa shape index (κ3) is 4.68. The number of tetrazole rings is 1. The highest BCUT2D eigenvalue weighted by atomic mass is 32.1. The van der Waals surface area contributed by atoms with Crippen LogP contribution in [-0.2, 0) is 6.54 Å². The summed E-state index contributed by atoms with van der Waals surface area (Å²) in [4.78, 5) is 13.7. The minimum atomic E-state index is -0.253. The molecule has 4 rings (SSSR count). The van der Waals surface area contributed by atoms with E-state index in [0.29, 0.717) is 29.1 Å². The molecule has 1 aliphatic carbocycles. The smallest absolute Gasteiger partial charge is 0.269 e. The minimum absolute atomic E-state index is 0.253. The van der Waals surface area contributed by atoms with Gasteiger partial charge < -0.3 is 5.32 Å². The highest BCUT2D eigenvalue weighted by Crippen LogP contribution is 2.18. The maximum absolute atomic E-state index is 12.2. The van der Waals surface area contributed by atoms with Crippen LogP contribution in [-0.4, -0.2) is 37.3 Å². The number of thiocarbonyl (C=S) groups is 1. The molecule has 1 aliphatic rings. The predicted molar refractivity (Wildman–Crippen MR) is 108 cm³/mol.